The molecule has 1 N–H and O–H groups in total. The fourth-order valence-corrected chi connectivity index (χ4v) is 1.19. The number of benzene rings is 1. The van der Waals surface area contributed by atoms with Gasteiger partial charge in [-0.1, -0.05) is 35.2 Å². The van der Waals surface area contributed by atoms with E-state index in [9.17, 15) is 4.79 Å². The summed E-state index contributed by atoms with van der Waals surface area (Å²) in [5.74, 6) is 3.38. The van der Waals surface area contributed by atoms with Crippen molar-refractivity contribution in [3.05, 3.63) is 33.8 Å². The molecule has 0 fully saturated rings. The summed E-state index contributed by atoms with van der Waals surface area (Å²) < 4.78 is 0. The molecule has 0 heterocycles. The molecule has 0 atom stereocenters. The van der Waals surface area contributed by atoms with Crippen LogP contribution in [0.15, 0.2) is 18.2 Å². The van der Waals surface area contributed by atoms with E-state index < -0.39 is 5.97 Å². The fraction of sp³-hybridized carbons (Fsp3) is 0.100. The first-order valence-corrected chi connectivity index (χ1v) is 4.51. The summed E-state index contributed by atoms with van der Waals surface area (Å²) in [6.07, 6.45) is 0.350. The van der Waals surface area contributed by atoms with Crippen LogP contribution in [0.2, 0.25) is 10.0 Å². The highest BCUT2D eigenvalue weighted by Crippen LogP contribution is 2.22. The highest BCUT2D eigenvalue weighted by Gasteiger charge is 1.97. The van der Waals surface area contributed by atoms with Crippen LogP contribution in [0, 0.1) is 11.8 Å². The van der Waals surface area contributed by atoms with E-state index in [0.717, 1.165) is 5.56 Å². The quantitative estimate of drug-likeness (QED) is 0.751. The lowest BCUT2D eigenvalue weighted by molar-refractivity contribution is -0.130. The smallest absolute Gasteiger partial charge is 0.381 e. The van der Waals surface area contributed by atoms with Crippen LogP contribution < -0.4 is 0 Å². The molecular weight excluding hydrogens is 223 g/mol. The van der Waals surface area contributed by atoms with Gasteiger partial charge in [0.2, 0.25) is 0 Å². The van der Waals surface area contributed by atoms with Gasteiger partial charge in [-0.25, -0.2) is 4.79 Å². The summed E-state index contributed by atoms with van der Waals surface area (Å²) in [5.41, 5.74) is 0.841. The lowest BCUT2D eigenvalue weighted by Gasteiger charge is -1.97. The first-order valence-electron chi connectivity index (χ1n) is 3.75. The molecule has 1 aromatic carbocycles. The van der Waals surface area contributed by atoms with Gasteiger partial charge in [-0.3, -0.25) is 0 Å². The van der Waals surface area contributed by atoms with Crippen molar-refractivity contribution < 1.29 is 9.90 Å². The van der Waals surface area contributed by atoms with Crippen molar-refractivity contribution in [3.63, 3.8) is 0 Å². The molecule has 0 aliphatic carbocycles. The van der Waals surface area contributed by atoms with Gasteiger partial charge < -0.3 is 5.11 Å². The van der Waals surface area contributed by atoms with Crippen LogP contribution in [0.25, 0.3) is 0 Å². The van der Waals surface area contributed by atoms with Gasteiger partial charge in [0.05, 0.1) is 10.0 Å². The molecule has 0 amide bonds. The molecule has 14 heavy (non-hydrogen) atoms. The zero-order chi connectivity index (χ0) is 10.6. The normalized spacial score (nSPS) is 9.00. The van der Waals surface area contributed by atoms with Crippen molar-refractivity contribution in [2.75, 3.05) is 0 Å². The van der Waals surface area contributed by atoms with Gasteiger partial charge in [0.15, 0.2) is 0 Å². The molecule has 72 valence electrons. The largest absolute Gasteiger partial charge is 0.472 e. The fourth-order valence-electron chi connectivity index (χ4n) is 0.871. The molecule has 2 nitrogen and oxygen atoms in total. The number of carbonyl (C=O) groups is 1. The van der Waals surface area contributed by atoms with Crippen LogP contribution in [-0.2, 0) is 11.2 Å². The van der Waals surface area contributed by atoms with E-state index in [-0.39, 0.29) is 0 Å². The Balaban J connectivity index is 2.75. The van der Waals surface area contributed by atoms with Gasteiger partial charge in [0.1, 0.15) is 0 Å². The highest BCUT2D eigenvalue weighted by atomic mass is 35.5. The lowest BCUT2D eigenvalue weighted by atomic mass is 10.1. The molecule has 1 rings (SSSR count). The molecule has 0 bridgehead atoms. The summed E-state index contributed by atoms with van der Waals surface area (Å²) in [4.78, 5) is 10.1. The molecule has 0 spiro atoms. The van der Waals surface area contributed by atoms with E-state index in [1.807, 2.05) is 5.92 Å². The van der Waals surface area contributed by atoms with E-state index in [1.165, 1.54) is 0 Å². The number of carboxylic acid groups (broad SMARTS) is 1. The third kappa shape index (κ3) is 3.29. The van der Waals surface area contributed by atoms with Gasteiger partial charge in [-0.15, -0.1) is 0 Å². The molecule has 0 radical (unpaired) electrons. The third-order valence-corrected chi connectivity index (χ3v) is 2.21. The molecule has 1 aromatic rings. The van der Waals surface area contributed by atoms with Crippen molar-refractivity contribution in [2.24, 2.45) is 0 Å². The Morgan fingerprint density at radius 3 is 2.64 bits per heavy atom. The standard InChI is InChI=1S/C10H6Cl2O2/c11-8-5-4-7(6-9(8)12)2-1-3-10(13)14/h4-6H,2H2,(H,13,14). The van der Waals surface area contributed by atoms with Crippen molar-refractivity contribution in [3.8, 4) is 11.8 Å². The number of rotatable bonds is 1. The summed E-state index contributed by atoms with van der Waals surface area (Å²) in [6, 6.07) is 5.08. The second-order valence-corrected chi connectivity index (χ2v) is 3.35. The molecular formula is C10H6Cl2O2. The summed E-state index contributed by atoms with van der Waals surface area (Å²) in [5, 5.41) is 9.19. The topological polar surface area (TPSA) is 37.3 Å². The van der Waals surface area contributed by atoms with E-state index in [0.29, 0.717) is 16.5 Å². The minimum Gasteiger partial charge on any atom is -0.472 e. The van der Waals surface area contributed by atoms with Crippen LogP contribution in [0.5, 0.6) is 0 Å². The van der Waals surface area contributed by atoms with Crippen molar-refractivity contribution >= 4 is 29.2 Å². The maximum Gasteiger partial charge on any atom is 0.381 e. The molecule has 0 unspecified atom stereocenters. The summed E-state index contributed by atoms with van der Waals surface area (Å²) in [6.45, 7) is 0. The van der Waals surface area contributed by atoms with Crippen LogP contribution in [0.1, 0.15) is 5.56 Å². The molecule has 0 aromatic heterocycles. The second kappa shape index (κ2) is 4.90. The van der Waals surface area contributed by atoms with E-state index >= 15 is 0 Å². The summed E-state index contributed by atoms with van der Waals surface area (Å²) in [7, 11) is 0. The number of hydrogen-bond donors (Lipinski definition) is 1. The van der Waals surface area contributed by atoms with Crippen LogP contribution >= 0.6 is 23.2 Å². The Morgan fingerprint density at radius 2 is 2.07 bits per heavy atom. The molecule has 0 aliphatic heterocycles. The number of aliphatic carboxylic acids is 1. The maximum absolute atomic E-state index is 10.1. The Hall–Kier alpha value is -1.17. The zero-order valence-corrected chi connectivity index (χ0v) is 8.56. The second-order valence-electron chi connectivity index (χ2n) is 2.53. The Labute approximate surface area is 91.5 Å². The van der Waals surface area contributed by atoms with Gasteiger partial charge in [0, 0.05) is 12.3 Å². The molecule has 4 heteroatoms. The predicted octanol–water partition coefficient (Wildman–Crippen LogP) is 2.62. The molecule has 0 saturated carbocycles. The van der Waals surface area contributed by atoms with Gasteiger partial charge in [-0.2, -0.15) is 0 Å². The van der Waals surface area contributed by atoms with Crippen molar-refractivity contribution in [1.82, 2.24) is 0 Å². The van der Waals surface area contributed by atoms with Crippen molar-refractivity contribution in [1.29, 1.82) is 0 Å². The van der Waals surface area contributed by atoms with Crippen LogP contribution in [0.3, 0.4) is 0 Å². The molecule has 0 saturated heterocycles. The highest BCUT2D eigenvalue weighted by molar-refractivity contribution is 6.42. The monoisotopic (exact) mass is 228 g/mol. The zero-order valence-electron chi connectivity index (χ0n) is 7.05. The number of halogens is 2. The third-order valence-electron chi connectivity index (χ3n) is 1.47. The van der Waals surface area contributed by atoms with Gasteiger partial charge in [0.25, 0.3) is 0 Å². The van der Waals surface area contributed by atoms with E-state index in [2.05, 4.69) is 5.92 Å². The maximum atomic E-state index is 10.1. The molecule has 0 aliphatic rings. The Morgan fingerprint density at radius 1 is 1.36 bits per heavy atom. The number of hydrogen-bond acceptors (Lipinski definition) is 1. The Bertz CT molecular complexity index is 416. The van der Waals surface area contributed by atoms with Crippen LogP contribution in [-0.4, -0.2) is 11.1 Å². The predicted molar refractivity (Wildman–Crippen MR) is 55.6 cm³/mol. The minimum atomic E-state index is -1.13. The minimum absolute atomic E-state index is 0.350. The van der Waals surface area contributed by atoms with Crippen LogP contribution in [0.4, 0.5) is 0 Å². The van der Waals surface area contributed by atoms with E-state index in [4.69, 9.17) is 28.3 Å². The summed E-state index contributed by atoms with van der Waals surface area (Å²) >= 11 is 11.5. The average Bonchev–Trinajstić information content (AvgIpc) is 2.10. The van der Waals surface area contributed by atoms with E-state index in [1.54, 1.807) is 18.2 Å². The lowest BCUT2D eigenvalue weighted by Crippen LogP contribution is -1.88. The average molecular weight is 229 g/mol. The van der Waals surface area contributed by atoms with Crippen molar-refractivity contribution in [2.45, 2.75) is 6.42 Å². The number of carboxylic acids is 1. The first kappa shape index (κ1) is 10.9. The SMILES string of the molecule is O=C(O)C#CCc1ccc(Cl)c(Cl)c1. The Kier molecular flexibility index (Phi) is 3.82. The van der Waals surface area contributed by atoms with Gasteiger partial charge in [-0.05, 0) is 17.7 Å². The first-order chi connectivity index (χ1) is 6.59. The van der Waals surface area contributed by atoms with Gasteiger partial charge >= 0.3 is 5.97 Å².